The standard InChI is InChI=1S/C11H10BrN/c1-8-6-9(2)10(4-3-5-13)11(12)7-8/h3-4,6-7H,1-2H3. The van der Waals surface area contributed by atoms with Crippen LogP contribution < -0.4 is 0 Å². The highest BCUT2D eigenvalue weighted by Gasteiger charge is 2.00. The molecule has 0 aromatic heterocycles. The normalized spacial score (nSPS) is 10.3. The first-order chi connectivity index (χ1) is 6.15. The summed E-state index contributed by atoms with van der Waals surface area (Å²) in [5.41, 5.74) is 3.48. The molecular weight excluding hydrogens is 226 g/mol. The molecule has 0 saturated heterocycles. The maximum Gasteiger partial charge on any atom is 0.0912 e. The van der Waals surface area contributed by atoms with Gasteiger partial charge in [-0.3, -0.25) is 0 Å². The molecule has 2 heteroatoms. The number of nitriles is 1. The largest absolute Gasteiger partial charge is 0.193 e. The third kappa shape index (κ3) is 2.43. The maximum absolute atomic E-state index is 8.41. The third-order valence-electron chi connectivity index (χ3n) is 1.81. The number of hydrogen-bond donors (Lipinski definition) is 0. The lowest BCUT2D eigenvalue weighted by molar-refractivity contribution is 1.35. The smallest absolute Gasteiger partial charge is 0.0912 e. The number of rotatable bonds is 1. The van der Waals surface area contributed by atoms with Gasteiger partial charge < -0.3 is 0 Å². The Morgan fingerprint density at radius 2 is 2.08 bits per heavy atom. The minimum Gasteiger partial charge on any atom is -0.193 e. The highest BCUT2D eigenvalue weighted by Crippen LogP contribution is 2.23. The Morgan fingerprint density at radius 3 is 2.62 bits per heavy atom. The fraction of sp³-hybridized carbons (Fsp3) is 0.182. The summed E-state index contributed by atoms with van der Waals surface area (Å²) in [5.74, 6) is 0. The fourth-order valence-electron chi connectivity index (χ4n) is 1.26. The van der Waals surface area contributed by atoms with Crippen LogP contribution in [0.15, 0.2) is 22.7 Å². The van der Waals surface area contributed by atoms with E-state index in [-0.39, 0.29) is 0 Å². The molecule has 0 spiro atoms. The first-order valence-corrected chi connectivity index (χ1v) is 4.77. The number of hydrogen-bond acceptors (Lipinski definition) is 1. The van der Waals surface area contributed by atoms with E-state index in [1.807, 2.05) is 25.1 Å². The van der Waals surface area contributed by atoms with Crippen LogP contribution in [-0.2, 0) is 0 Å². The minimum absolute atomic E-state index is 1.04. The lowest BCUT2D eigenvalue weighted by Gasteiger charge is -2.04. The van der Waals surface area contributed by atoms with Gasteiger partial charge in [0.25, 0.3) is 0 Å². The molecule has 1 rings (SSSR count). The summed E-state index contributed by atoms with van der Waals surface area (Å²) in [6, 6.07) is 6.13. The predicted octanol–water partition coefficient (Wildman–Crippen LogP) is 3.60. The lowest BCUT2D eigenvalue weighted by Crippen LogP contribution is -1.84. The highest BCUT2D eigenvalue weighted by molar-refractivity contribution is 9.10. The van der Waals surface area contributed by atoms with Gasteiger partial charge in [0.1, 0.15) is 0 Å². The van der Waals surface area contributed by atoms with E-state index in [4.69, 9.17) is 5.26 Å². The molecule has 0 unspecified atom stereocenters. The highest BCUT2D eigenvalue weighted by atomic mass is 79.9. The summed E-state index contributed by atoms with van der Waals surface area (Å²) in [4.78, 5) is 0. The summed E-state index contributed by atoms with van der Waals surface area (Å²) in [7, 11) is 0. The van der Waals surface area contributed by atoms with Crippen LogP contribution in [0.5, 0.6) is 0 Å². The van der Waals surface area contributed by atoms with Crippen LogP contribution in [0.25, 0.3) is 6.08 Å². The van der Waals surface area contributed by atoms with Crippen molar-refractivity contribution >= 4 is 22.0 Å². The van der Waals surface area contributed by atoms with E-state index < -0.39 is 0 Å². The van der Waals surface area contributed by atoms with Gasteiger partial charge >= 0.3 is 0 Å². The number of halogens is 1. The molecule has 0 atom stereocenters. The van der Waals surface area contributed by atoms with Gasteiger partial charge in [-0.05, 0) is 42.7 Å². The Bertz CT molecular complexity index is 363. The van der Waals surface area contributed by atoms with E-state index in [2.05, 4.69) is 28.9 Å². The Hall–Kier alpha value is -1.07. The van der Waals surface area contributed by atoms with Crippen molar-refractivity contribution in [3.8, 4) is 6.07 Å². The number of nitrogens with zero attached hydrogens (tertiary/aromatic N) is 1. The zero-order chi connectivity index (χ0) is 9.84. The fourth-order valence-corrected chi connectivity index (χ4v) is 2.06. The van der Waals surface area contributed by atoms with Crippen molar-refractivity contribution in [1.82, 2.24) is 0 Å². The van der Waals surface area contributed by atoms with Gasteiger partial charge in [-0.2, -0.15) is 5.26 Å². The Kier molecular flexibility index (Phi) is 3.27. The monoisotopic (exact) mass is 235 g/mol. The van der Waals surface area contributed by atoms with Crippen LogP contribution in [-0.4, -0.2) is 0 Å². The zero-order valence-corrected chi connectivity index (χ0v) is 9.22. The average molecular weight is 236 g/mol. The molecule has 0 amide bonds. The number of benzene rings is 1. The second-order valence-corrected chi connectivity index (χ2v) is 3.79. The second kappa shape index (κ2) is 4.25. The molecule has 0 saturated carbocycles. The summed E-state index contributed by atoms with van der Waals surface area (Å²) in [6.45, 7) is 4.09. The van der Waals surface area contributed by atoms with Crippen molar-refractivity contribution in [2.45, 2.75) is 13.8 Å². The van der Waals surface area contributed by atoms with E-state index >= 15 is 0 Å². The molecule has 0 fully saturated rings. The van der Waals surface area contributed by atoms with Gasteiger partial charge in [0, 0.05) is 10.5 Å². The van der Waals surface area contributed by atoms with E-state index in [1.165, 1.54) is 17.2 Å². The summed E-state index contributed by atoms with van der Waals surface area (Å²) in [5, 5.41) is 8.41. The van der Waals surface area contributed by atoms with Crippen LogP contribution >= 0.6 is 15.9 Å². The van der Waals surface area contributed by atoms with Crippen LogP contribution in [0.1, 0.15) is 16.7 Å². The lowest BCUT2D eigenvalue weighted by atomic mass is 10.1. The topological polar surface area (TPSA) is 23.8 Å². The maximum atomic E-state index is 8.41. The summed E-state index contributed by atoms with van der Waals surface area (Å²) in [6.07, 6.45) is 3.31. The van der Waals surface area contributed by atoms with Gasteiger partial charge in [-0.25, -0.2) is 0 Å². The van der Waals surface area contributed by atoms with Crippen LogP contribution in [0.3, 0.4) is 0 Å². The van der Waals surface area contributed by atoms with Gasteiger partial charge in [0.05, 0.1) is 6.07 Å². The molecule has 0 aliphatic carbocycles. The molecule has 1 aromatic carbocycles. The van der Waals surface area contributed by atoms with Crippen molar-refractivity contribution in [1.29, 1.82) is 5.26 Å². The van der Waals surface area contributed by atoms with E-state index in [9.17, 15) is 0 Å². The predicted molar refractivity (Wildman–Crippen MR) is 58.3 cm³/mol. The molecule has 0 radical (unpaired) electrons. The molecule has 1 aromatic rings. The van der Waals surface area contributed by atoms with Crippen LogP contribution in [0.2, 0.25) is 0 Å². The van der Waals surface area contributed by atoms with Crippen molar-refractivity contribution < 1.29 is 0 Å². The van der Waals surface area contributed by atoms with Gasteiger partial charge in [0.15, 0.2) is 0 Å². The second-order valence-electron chi connectivity index (χ2n) is 2.94. The van der Waals surface area contributed by atoms with Crippen molar-refractivity contribution in [3.63, 3.8) is 0 Å². The first kappa shape index (κ1) is 10.0. The van der Waals surface area contributed by atoms with Crippen molar-refractivity contribution in [3.05, 3.63) is 39.4 Å². The molecule has 1 nitrogen and oxygen atoms in total. The molecule has 0 bridgehead atoms. The van der Waals surface area contributed by atoms with Crippen molar-refractivity contribution in [2.75, 3.05) is 0 Å². The van der Waals surface area contributed by atoms with Crippen molar-refractivity contribution in [2.24, 2.45) is 0 Å². The molecule has 0 aliphatic rings. The molecule has 66 valence electrons. The van der Waals surface area contributed by atoms with E-state index in [0.717, 1.165) is 10.0 Å². The molecule has 13 heavy (non-hydrogen) atoms. The zero-order valence-electron chi connectivity index (χ0n) is 7.63. The molecular formula is C11H10BrN. The Labute approximate surface area is 86.8 Å². The van der Waals surface area contributed by atoms with Crippen LogP contribution in [0.4, 0.5) is 0 Å². The SMILES string of the molecule is Cc1cc(C)c(C=CC#N)c(Br)c1. The van der Waals surface area contributed by atoms with Crippen LogP contribution in [0, 0.1) is 25.2 Å². The average Bonchev–Trinajstić information content (AvgIpc) is 2.02. The van der Waals surface area contributed by atoms with E-state index in [0.29, 0.717) is 0 Å². The van der Waals surface area contributed by atoms with Gasteiger partial charge in [-0.1, -0.05) is 22.0 Å². The molecule has 0 N–H and O–H groups in total. The first-order valence-electron chi connectivity index (χ1n) is 3.98. The quantitative estimate of drug-likeness (QED) is 0.683. The number of allylic oxidation sites excluding steroid dienone is 1. The third-order valence-corrected chi connectivity index (χ3v) is 2.46. The van der Waals surface area contributed by atoms with Gasteiger partial charge in [-0.15, -0.1) is 0 Å². The Morgan fingerprint density at radius 1 is 1.38 bits per heavy atom. The molecule has 0 heterocycles. The Balaban J connectivity index is 3.22. The van der Waals surface area contributed by atoms with E-state index in [1.54, 1.807) is 0 Å². The summed E-state index contributed by atoms with van der Waals surface area (Å²) < 4.78 is 1.04. The van der Waals surface area contributed by atoms with Gasteiger partial charge in [0.2, 0.25) is 0 Å². The molecule has 0 aliphatic heterocycles. The number of aryl methyl sites for hydroxylation is 2. The summed E-state index contributed by atoms with van der Waals surface area (Å²) >= 11 is 3.47. The minimum atomic E-state index is 1.04.